The van der Waals surface area contributed by atoms with Gasteiger partial charge in [-0.3, -0.25) is 9.59 Å². The number of para-hydroxylation sites is 4. The maximum Gasteiger partial charge on any atom is 0.226 e. The van der Waals surface area contributed by atoms with E-state index in [9.17, 15) is 9.59 Å². The number of nitrogens with zero attached hydrogens (tertiary/aromatic N) is 2. The first-order valence-corrected chi connectivity index (χ1v) is 17.2. The lowest BCUT2D eigenvalue weighted by Gasteiger charge is -2.32. The van der Waals surface area contributed by atoms with Gasteiger partial charge in [-0.1, -0.05) is 95.3 Å². The molecule has 46 heavy (non-hydrogen) atoms. The van der Waals surface area contributed by atoms with E-state index in [1.165, 1.54) is 0 Å². The maximum atomic E-state index is 13.1. The van der Waals surface area contributed by atoms with Crippen molar-refractivity contribution in [2.45, 2.75) is 32.4 Å². The van der Waals surface area contributed by atoms with Crippen molar-refractivity contribution in [2.24, 2.45) is 0 Å². The Morgan fingerprint density at radius 3 is 1.15 bits per heavy atom. The Kier molecular flexibility index (Phi) is 8.86. The number of benzene rings is 5. The smallest absolute Gasteiger partial charge is 0.226 e. The average Bonchev–Trinajstić information content (AvgIpc) is 3.07. The SMILES string of the molecule is O=C(CCN1c2ccccc2Sc2ccccc21)Nc1cc(Cl)c(NC(=O)CCN2c3ccccc3Sc3ccccc32)cc1Cl. The second-order valence-corrected chi connectivity index (χ2v) is 13.8. The van der Waals surface area contributed by atoms with E-state index in [2.05, 4.69) is 69.0 Å². The molecule has 0 aromatic heterocycles. The van der Waals surface area contributed by atoms with Crippen LogP contribution in [0.5, 0.6) is 0 Å². The minimum Gasteiger partial charge on any atom is -0.339 e. The number of carbonyl (C=O) groups excluding carboxylic acids is 2. The zero-order valence-corrected chi connectivity index (χ0v) is 27.6. The van der Waals surface area contributed by atoms with Crippen molar-refractivity contribution in [3.8, 4) is 0 Å². The summed E-state index contributed by atoms with van der Waals surface area (Å²) in [5.41, 5.74) is 5.09. The lowest BCUT2D eigenvalue weighted by molar-refractivity contribution is -0.116. The van der Waals surface area contributed by atoms with Crippen LogP contribution in [0.1, 0.15) is 12.8 Å². The summed E-state index contributed by atoms with van der Waals surface area (Å²) in [5, 5.41) is 6.37. The van der Waals surface area contributed by atoms with Crippen molar-refractivity contribution in [3.05, 3.63) is 119 Å². The van der Waals surface area contributed by atoms with E-state index in [1.807, 2.05) is 48.5 Å². The first kappa shape index (κ1) is 30.6. The first-order valence-electron chi connectivity index (χ1n) is 14.8. The van der Waals surface area contributed by atoms with Crippen LogP contribution in [0.2, 0.25) is 10.0 Å². The fourth-order valence-corrected chi connectivity index (χ4v) is 8.25. The Labute approximate surface area is 286 Å². The summed E-state index contributed by atoms with van der Waals surface area (Å²) in [6, 6.07) is 35.9. The van der Waals surface area contributed by atoms with Gasteiger partial charge in [0.25, 0.3) is 0 Å². The molecular weight excluding hydrogens is 655 g/mol. The van der Waals surface area contributed by atoms with Gasteiger partial charge in [0, 0.05) is 45.5 Å². The van der Waals surface area contributed by atoms with Gasteiger partial charge in [-0.05, 0) is 60.7 Å². The topological polar surface area (TPSA) is 64.7 Å². The molecule has 0 aliphatic carbocycles. The third kappa shape index (κ3) is 6.31. The van der Waals surface area contributed by atoms with Gasteiger partial charge in [-0.15, -0.1) is 0 Å². The van der Waals surface area contributed by atoms with Gasteiger partial charge in [0.1, 0.15) is 0 Å². The number of hydrogen-bond acceptors (Lipinski definition) is 6. The lowest BCUT2D eigenvalue weighted by Crippen LogP contribution is -2.26. The summed E-state index contributed by atoms with van der Waals surface area (Å²) in [6.07, 6.45) is 0.474. The Balaban J connectivity index is 0.987. The summed E-state index contributed by atoms with van der Waals surface area (Å²) >= 11 is 16.6. The summed E-state index contributed by atoms with van der Waals surface area (Å²) in [7, 11) is 0. The molecule has 2 heterocycles. The number of carbonyl (C=O) groups is 2. The Morgan fingerprint density at radius 2 is 0.826 bits per heavy atom. The molecule has 10 heteroatoms. The molecule has 2 aliphatic heterocycles. The van der Waals surface area contributed by atoms with Crippen LogP contribution in [-0.4, -0.2) is 24.9 Å². The Hall–Kier alpha value is -4.08. The van der Waals surface area contributed by atoms with Crippen LogP contribution in [-0.2, 0) is 9.59 Å². The molecule has 0 fully saturated rings. The molecule has 5 aromatic rings. The van der Waals surface area contributed by atoms with Gasteiger partial charge in [0.15, 0.2) is 0 Å². The number of halogens is 2. The molecule has 5 aromatic carbocycles. The highest BCUT2D eigenvalue weighted by atomic mass is 35.5. The second kappa shape index (κ2) is 13.3. The average molecular weight is 684 g/mol. The number of rotatable bonds is 8. The van der Waals surface area contributed by atoms with Gasteiger partial charge >= 0.3 is 0 Å². The van der Waals surface area contributed by atoms with Gasteiger partial charge in [0.05, 0.1) is 44.2 Å². The van der Waals surface area contributed by atoms with Gasteiger partial charge in [-0.2, -0.15) is 0 Å². The summed E-state index contributed by atoms with van der Waals surface area (Å²) in [4.78, 5) is 35.1. The molecule has 2 amide bonds. The van der Waals surface area contributed by atoms with Crippen molar-refractivity contribution in [1.82, 2.24) is 0 Å². The van der Waals surface area contributed by atoms with Gasteiger partial charge in [0.2, 0.25) is 11.8 Å². The molecule has 0 spiro atoms. The van der Waals surface area contributed by atoms with Crippen molar-refractivity contribution < 1.29 is 9.59 Å². The largest absolute Gasteiger partial charge is 0.339 e. The number of hydrogen-bond donors (Lipinski definition) is 2. The number of amides is 2. The zero-order chi connectivity index (χ0) is 31.6. The van der Waals surface area contributed by atoms with Crippen molar-refractivity contribution in [2.75, 3.05) is 33.5 Å². The predicted octanol–water partition coefficient (Wildman–Crippen LogP) is 10.3. The molecule has 0 unspecified atom stereocenters. The van der Waals surface area contributed by atoms with Crippen LogP contribution >= 0.6 is 46.7 Å². The van der Waals surface area contributed by atoms with Crippen LogP contribution in [0.4, 0.5) is 34.1 Å². The monoisotopic (exact) mass is 682 g/mol. The predicted molar refractivity (Wildman–Crippen MR) is 191 cm³/mol. The third-order valence-corrected chi connectivity index (χ3v) is 10.7. The van der Waals surface area contributed by atoms with E-state index < -0.39 is 0 Å². The zero-order valence-electron chi connectivity index (χ0n) is 24.5. The second-order valence-electron chi connectivity index (χ2n) is 10.8. The fraction of sp³-hybridized carbons (Fsp3) is 0.111. The van der Waals surface area contributed by atoms with Gasteiger partial charge in [-0.25, -0.2) is 0 Å². The fourth-order valence-electron chi connectivity index (χ4n) is 5.63. The van der Waals surface area contributed by atoms with Crippen LogP contribution in [0.3, 0.4) is 0 Å². The molecule has 0 radical (unpaired) electrons. The van der Waals surface area contributed by atoms with Crippen molar-refractivity contribution >= 4 is 92.7 Å². The highest BCUT2D eigenvalue weighted by Gasteiger charge is 2.25. The van der Waals surface area contributed by atoms with Crippen molar-refractivity contribution in [3.63, 3.8) is 0 Å². The molecule has 6 nitrogen and oxygen atoms in total. The molecule has 7 rings (SSSR count). The van der Waals surface area contributed by atoms with E-state index in [-0.39, 0.29) is 34.7 Å². The van der Waals surface area contributed by atoms with Crippen LogP contribution < -0.4 is 20.4 Å². The van der Waals surface area contributed by atoms with Crippen LogP contribution in [0.15, 0.2) is 129 Å². The summed E-state index contributed by atoms with van der Waals surface area (Å²) in [5.74, 6) is -0.383. The van der Waals surface area contributed by atoms with E-state index in [4.69, 9.17) is 23.2 Å². The quantitative estimate of drug-likeness (QED) is 0.170. The first-order chi connectivity index (χ1) is 22.4. The van der Waals surface area contributed by atoms with Gasteiger partial charge < -0.3 is 20.4 Å². The molecular formula is C36H28Cl2N4O2S2. The molecule has 2 aliphatic rings. The lowest BCUT2D eigenvalue weighted by atomic mass is 10.2. The summed E-state index contributed by atoms with van der Waals surface area (Å²) in [6.45, 7) is 0.981. The van der Waals surface area contributed by atoms with E-state index in [0.717, 1.165) is 42.3 Å². The van der Waals surface area contributed by atoms with Crippen molar-refractivity contribution in [1.29, 1.82) is 0 Å². The highest BCUT2D eigenvalue weighted by Crippen LogP contribution is 2.49. The van der Waals surface area contributed by atoms with E-state index >= 15 is 0 Å². The summed E-state index contributed by atoms with van der Waals surface area (Å²) < 4.78 is 0. The Bertz CT molecular complexity index is 1740. The van der Waals surface area contributed by atoms with Crippen LogP contribution in [0.25, 0.3) is 0 Å². The minimum absolute atomic E-state index is 0.191. The highest BCUT2D eigenvalue weighted by molar-refractivity contribution is 8.00. The molecule has 0 bridgehead atoms. The molecule has 0 saturated carbocycles. The third-order valence-electron chi connectivity index (χ3n) is 7.79. The van der Waals surface area contributed by atoms with Crippen LogP contribution in [0, 0.1) is 0 Å². The Morgan fingerprint density at radius 1 is 0.522 bits per heavy atom. The number of anilines is 6. The minimum atomic E-state index is -0.191. The molecule has 0 atom stereocenters. The number of fused-ring (bicyclic) bond motifs is 4. The standard InChI is InChI=1S/C36H28Cl2N4O2S2/c37-23-22-26(40-36(44)18-20-42-29-11-3-7-15-33(29)46-34-16-8-4-12-30(34)42)24(38)21-25(23)39-35(43)17-19-41-27-9-1-5-13-31(27)45-32-14-6-2-10-28(32)41/h1-16,21-22H,17-20H2,(H,39,43)(H,40,44). The molecule has 230 valence electrons. The number of nitrogens with one attached hydrogen (secondary N) is 2. The van der Waals surface area contributed by atoms with E-state index in [1.54, 1.807) is 35.7 Å². The maximum absolute atomic E-state index is 13.1. The molecule has 0 saturated heterocycles. The van der Waals surface area contributed by atoms with E-state index in [0.29, 0.717) is 24.5 Å². The normalized spacial score (nSPS) is 12.8. The molecule has 2 N–H and O–H groups in total.